The van der Waals surface area contributed by atoms with Crippen LogP contribution in [0.25, 0.3) is 0 Å². The highest BCUT2D eigenvalue weighted by Gasteiger charge is 2.13. The molecule has 174 valence electrons. The summed E-state index contributed by atoms with van der Waals surface area (Å²) < 4.78 is 16.8. The molecule has 0 radical (unpaired) electrons. The van der Waals surface area contributed by atoms with Crippen molar-refractivity contribution < 1.29 is 14.0 Å². The smallest absolute Gasteiger partial charge is 0.191 e. The van der Waals surface area contributed by atoms with E-state index in [1.807, 2.05) is 19.1 Å². The molecule has 1 heterocycles. The Hall–Kier alpha value is -1.81. The van der Waals surface area contributed by atoms with Crippen LogP contribution in [-0.4, -0.2) is 38.0 Å². The zero-order valence-electron chi connectivity index (χ0n) is 19.4. The first-order chi connectivity index (χ1) is 14.6. The van der Waals surface area contributed by atoms with Crippen molar-refractivity contribution >= 4 is 29.9 Å². The number of hydrogen-bond acceptors (Lipinski definition) is 5. The van der Waals surface area contributed by atoms with E-state index in [1.165, 1.54) is 0 Å². The van der Waals surface area contributed by atoms with Crippen molar-refractivity contribution in [3.8, 4) is 5.75 Å². The Morgan fingerprint density at radius 2 is 1.84 bits per heavy atom. The van der Waals surface area contributed by atoms with Crippen LogP contribution in [0, 0.1) is 6.92 Å². The Morgan fingerprint density at radius 3 is 2.52 bits per heavy atom. The molecule has 1 aromatic heterocycles. The number of hydrogen-bond donors (Lipinski definition) is 2. The van der Waals surface area contributed by atoms with Crippen molar-refractivity contribution in [2.24, 2.45) is 4.99 Å². The molecular formula is C23H37IN4O3. The van der Waals surface area contributed by atoms with Crippen molar-refractivity contribution in [2.45, 2.75) is 59.5 Å². The first kappa shape index (κ1) is 27.2. The summed E-state index contributed by atoms with van der Waals surface area (Å²) in [5, 5.41) is 10.8. The van der Waals surface area contributed by atoms with Crippen molar-refractivity contribution in [2.75, 3.05) is 26.9 Å². The average molecular weight is 544 g/mol. The normalized spacial score (nSPS) is 11.4. The fourth-order valence-electron chi connectivity index (χ4n) is 3.18. The summed E-state index contributed by atoms with van der Waals surface area (Å²) in [6, 6.07) is 8.23. The molecule has 0 spiro atoms. The van der Waals surface area contributed by atoms with Crippen LogP contribution in [0.1, 0.15) is 62.1 Å². The quantitative estimate of drug-likeness (QED) is 0.173. The maximum absolute atomic E-state index is 5.91. The summed E-state index contributed by atoms with van der Waals surface area (Å²) >= 11 is 0. The van der Waals surface area contributed by atoms with E-state index in [9.17, 15) is 0 Å². The molecule has 7 nitrogen and oxygen atoms in total. The lowest BCUT2D eigenvalue weighted by molar-refractivity contribution is 0.110. The number of halogens is 1. The van der Waals surface area contributed by atoms with Gasteiger partial charge in [-0.05, 0) is 38.3 Å². The van der Waals surface area contributed by atoms with E-state index in [4.69, 9.17) is 14.0 Å². The zero-order valence-corrected chi connectivity index (χ0v) is 21.7. The Balaban J connectivity index is 0.00000480. The lowest BCUT2D eigenvalue weighted by Crippen LogP contribution is -2.36. The van der Waals surface area contributed by atoms with Crippen LogP contribution >= 0.6 is 24.0 Å². The van der Waals surface area contributed by atoms with E-state index < -0.39 is 0 Å². The SMILES string of the molecule is CCOCCOc1cc(C)ccc1CNC(=NC)NCc1cc(C(CC)CC)no1.I. The van der Waals surface area contributed by atoms with Gasteiger partial charge >= 0.3 is 0 Å². The van der Waals surface area contributed by atoms with Gasteiger partial charge in [-0.1, -0.05) is 31.1 Å². The van der Waals surface area contributed by atoms with Crippen LogP contribution in [-0.2, 0) is 17.8 Å². The second-order valence-electron chi connectivity index (χ2n) is 7.17. The summed E-state index contributed by atoms with van der Waals surface area (Å²) in [4.78, 5) is 4.30. The van der Waals surface area contributed by atoms with Gasteiger partial charge in [0.2, 0.25) is 0 Å². The summed E-state index contributed by atoms with van der Waals surface area (Å²) in [7, 11) is 1.75. The highest BCUT2D eigenvalue weighted by molar-refractivity contribution is 14.0. The van der Waals surface area contributed by atoms with Crippen LogP contribution in [0.2, 0.25) is 0 Å². The maximum Gasteiger partial charge on any atom is 0.191 e. The highest BCUT2D eigenvalue weighted by atomic mass is 127. The van der Waals surface area contributed by atoms with E-state index in [1.54, 1.807) is 7.05 Å². The van der Waals surface area contributed by atoms with Crippen LogP contribution in [0.15, 0.2) is 33.8 Å². The Morgan fingerprint density at radius 1 is 1.10 bits per heavy atom. The number of aromatic nitrogens is 1. The third-order valence-electron chi connectivity index (χ3n) is 4.99. The minimum Gasteiger partial charge on any atom is -0.491 e. The molecular weight excluding hydrogens is 507 g/mol. The lowest BCUT2D eigenvalue weighted by Gasteiger charge is -2.15. The predicted octanol–water partition coefficient (Wildman–Crippen LogP) is 4.79. The topological polar surface area (TPSA) is 80.9 Å². The molecule has 0 aliphatic heterocycles. The molecule has 0 bridgehead atoms. The molecule has 31 heavy (non-hydrogen) atoms. The van der Waals surface area contributed by atoms with Crippen LogP contribution in [0.4, 0.5) is 0 Å². The van der Waals surface area contributed by atoms with Gasteiger partial charge in [0.15, 0.2) is 11.7 Å². The van der Waals surface area contributed by atoms with Gasteiger partial charge in [0, 0.05) is 37.7 Å². The van der Waals surface area contributed by atoms with Gasteiger partial charge in [0.1, 0.15) is 12.4 Å². The summed E-state index contributed by atoms with van der Waals surface area (Å²) in [5.74, 6) is 2.80. The second kappa shape index (κ2) is 15.1. The van der Waals surface area contributed by atoms with Crippen molar-refractivity contribution in [1.82, 2.24) is 15.8 Å². The van der Waals surface area contributed by atoms with Crippen LogP contribution in [0.3, 0.4) is 0 Å². The minimum atomic E-state index is 0. The van der Waals surface area contributed by atoms with Gasteiger partial charge in [-0.2, -0.15) is 0 Å². The molecule has 2 rings (SSSR count). The minimum absolute atomic E-state index is 0. The van der Waals surface area contributed by atoms with Crippen molar-refractivity contribution in [3.05, 3.63) is 46.8 Å². The van der Waals surface area contributed by atoms with Crippen LogP contribution in [0.5, 0.6) is 5.75 Å². The molecule has 0 atom stereocenters. The number of benzene rings is 1. The van der Waals surface area contributed by atoms with Gasteiger partial charge in [-0.25, -0.2) is 0 Å². The van der Waals surface area contributed by atoms with E-state index in [0.717, 1.165) is 41.2 Å². The fraction of sp³-hybridized carbons (Fsp3) is 0.565. The third-order valence-corrected chi connectivity index (χ3v) is 4.99. The Kier molecular flexibility index (Phi) is 13.2. The number of aryl methyl sites for hydroxylation is 1. The van der Waals surface area contributed by atoms with Gasteiger partial charge in [-0.15, -0.1) is 24.0 Å². The molecule has 0 aliphatic rings. The van der Waals surface area contributed by atoms with Crippen molar-refractivity contribution in [3.63, 3.8) is 0 Å². The zero-order chi connectivity index (χ0) is 21.8. The lowest BCUT2D eigenvalue weighted by atomic mass is 9.99. The molecule has 0 saturated carbocycles. The molecule has 0 unspecified atom stereocenters. The second-order valence-corrected chi connectivity index (χ2v) is 7.17. The number of aliphatic imine (C=N–C) groups is 1. The number of guanidine groups is 1. The molecule has 8 heteroatoms. The van der Waals surface area contributed by atoms with E-state index in [0.29, 0.717) is 44.8 Å². The fourth-order valence-corrected chi connectivity index (χ4v) is 3.18. The molecule has 1 aromatic carbocycles. The van der Waals surface area contributed by atoms with Gasteiger partial charge in [0.25, 0.3) is 0 Å². The molecule has 2 aromatic rings. The summed E-state index contributed by atoms with van der Waals surface area (Å²) in [6.45, 7) is 11.3. The highest BCUT2D eigenvalue weighted by Crippen LogP contribution is 2.22. The van der Waals surface area contributed by atoms with Gasteiger partial charge in [-0.3, -0.25) is 4.99 Å². The Labute approximate surface area is 203 Å². The number of nitrogens with zero attached hydrogens (tertiary/aromatic N) is 2. The van der Waals surface area contributed by atoms with Crippen LogP contribution < -0.4 is 15.4 Å². The molecule has 0 amide bonds. The molecule has 0 saturated heterocycles. The monoisotopic (exact) mass is 544 g/mol. The van der Waals surface area contributed by atoms with E-state index in [-0.39, 0.29) is 24.0 Å². The molecule has 0 aliphatic carbocycles. The Bertz CT molecular complexity index is 791. The molecule has 2 N–H and O–H groups in total. The first-order valence-corrected chi connectivity index (χ1v) is 10.8. The van der Waals surface area contributed by atoms with Gasteiger partial charge < -0.3 is 24.6 Å². The predicted molar refractivity (Wildman–Crippen MR) is 135 cm³/mol. The standard InChI is InChI=1S/C23H36N4O3.HI/c1-6-18(7-2)21-14-20(30-27-21)16-26-23(24-5)25-15-19-10-9-17(4)13-22(19)29-12-11-28-8-3;/h9-10,13-14,18H,6-8,11-12,15-16H2,1-5H3,(H2,24,25,26);1H. The summed E-state index contributed by atoms with van der Waals surface area (Å²) in [6.07, 6.45) is 2.12. The summed E-state index contributed by atoms with van der Waals surface area (Å²) in [5.41, 5.74) is 3.25. The maximum atomic E-state index is 5.91. The van der Waals surface area contributed by atoms with E-state index in [2.05, 4.69) is 53.7 Å². The number of rotatable bonds is 12. The first-order valence-electron chi connectivity index (χ1n) is 10.8. The van der Waals surface area contributed by atoms with E-state index >= 15 is 0 Å². The third kappa shape index (κ3) is 9.06. The van der Waals surface area contributed by atoms with Crippen molar-refractivity contribution in [1.29, 1.82) is 0 Å². The average Bonchev–Trinajstić information content (AvgIpc) is 3.22. The molecule has 0 fully saturated rings. The van der Waals surface area contributed by atoms with Gasteiger partial charge in [0.05, 0.1) is 18.8 Å². The largest absolute Gasteiger partial charge is 0.491 e. The number of ether oxygens (including phenoxy) is 2. The number of nitrogens with one attached hydrogen (secondary N) is 2.